The van der Waals surface area contributed by atoms with E-state index in [1.54, 1.807) is 24.3 Å². The average molecular weight is 619 g/mol. The molecule has 232 valence electrons. The third-order valence-corrected chi connectivity index (χ3v) is 11.3. The standard InChI is InChI=1S/C33H38N4O6S/c38-32(34-19-31-24-17-25(31)22-36(21-24)20-23-7-3-1-4-8-23)33(39,26-9-5-2-6-10-26)27-11-12-28(18-27)35-44(42,43)30-15-13-29(14-16-30)37(40)41/h1-10,13-16,24-25,27-28,31,35,39H,11-12,17-22H2,(H,34,38)/t24-,25-,27?,28?,33?/m0/s1. The van der Waals surface area contributed by atoms with Gasteiger partial charge in [0.15, 0.2) is 5.60 Å². The van der Waals surface area contributed by atoms with Gasteiger partial charge in [-0.2, -0.15) is 0 Å². The van der Waals surface area contributed by atoms with Crippen molar-refractivity contribution in [2.75, 3.05) is 19.6 Å². The maximum atomic E-state index is 13.9. The number of rotatable bonds is 11. The van der Waals surface area contributed by atoms with Crippen molar-refractivity contribution < 1.29 is 23.2 Å². The number of hydrogen-bond acceptors (Lipinski definition) is 7. The largest absolute Gasteiger partial charge is 0.375 e. The summed E-state index contributed by atoms with van der Waals surface area (Å²) >= 11 is 0. The van der Waals surface area contributed by atoms with Gasteiger partial charge in [-0.3, -0.25) is 19.8 Å². The van der Waals surface area contributed by atoms with Crippen molar-refractivity contribution in [3.8, 4) is 0 Å². The number of piperidine rings is 2. The number of carbonyl (C=O) groups excluding carboxylic acids is 1. The minimum absolute atomic E-state index is 0.0732. The molecule has 0 radical (unpaired) electrons. The Hall–Kier alpha value is -3.64. The van der Waals surface area contributed by atoms with Gasteiger partial charge in [-0.25, -0.2) is 13.1 Å². The van der Waals surface area contributed by atoms with E-state index in [2.05, 4.69) is 39.2 Å². The first-order valence-electron chi connectivity index (χ1n) is 15.2. The molecular formula is C33H38N4O6S. The summed E-state index contributed by atoms with van der Waals surface area (Å²) in [5, 5.41) is 26.2. The van der Waals surface area contributed by atoms with Gasteiger partial charge in [-0.1, -0.05) is 60.7 Å². The van der Waals surface area contributed by atoms with Crippen LogP contribution in [0.3, 0.4) is 0 Å². The summed E-state index contributed by atoms with van der Waals surface area (Å²) in [4.78, 5) is 26.6. The number of nitrogens with one attached hydrogen (secondary N) is 2. The topological polar surface area (TPSA) is 142 Å². The summed E-state index contributed by atoms with van der Waals surface area (Å²) in [6.45, 7) is 3.42. The molecule has 10 nitrogen and oxygen atoms in total. The maximum absolute atomic E-state index is 13.9. The normalized spacial score (nSPS) is 26.3. The quantitative estimate of drug-likeness (QED) is 0.219. The first-order valence-corrected chi connectivity index (χ1v) is 16.7. The van der Waals surface area contributed by atoms with Crippen molar-refractivity contribution in [2.24, 2.45) is 23.7 Å². The van der Waals surface area contributed by atoms with Gasteiger partial charge in [-0.05, 0) is 66.7 Å². The molecular weight excluding hydrogens is 580 g/mol. The minimum atomic E-state index is -3.95. The van der Waals surface area contributed by atoms with Gasteiger partial charge >= 0.3 is 0 Å². The second kappa shape index (κ2) is 12.4. The molecule has 2 heterocycles. The molecule has 2 bridgehead atoms. The number of aliphatic hydroxyl groups is 1. The van der Waals surface area contributed by atoms with Crippen LogP contribution in [0.15, 0.2) is 89.8 Å². The lowest BCUT2D eigenvalue weighted by atomic mass is 9.61. The van der Waals surface area contributed by atoms with E-state index in [-0.39, 0.29) is 17.0 Å². The van der Waals surface area contributed by atoms with Crippen LogP contribution in [0.1, 0.15) is 36.8 Å². The molecule has 7 rings (SSSR count). The number of nitro groups is 1. The summed E-state index contributed by atoms with van der Waals surface area (Å²) in [7, 11) is -3.95. The van der Waals surface area contributed by atoms with E-state index in [9.17, 15) is 28.4 Å². The predicted octanol–water partition coefficient (Wildman–Crippen LogP) is 3.81. The molecule has 4 aliphatic rings. The van der Waals surface area contributed by atoms with Gasteiger partial charge in [0.2, 0.25) is 10.0 Å². The lowest BCUT2D eigenvalue weighted by Gasteiger charge is -2.54. The molecule has 44 heavy (non-hydrogen) atoms. The molecule has 0 aromatic heterocycles. The fourth-order valence-corrected chi connectivity index (χ4v) is 8.76. The van der Waals surface area contributed by atoms with Gasteiger partial charge in [0.05, 0.1) is 9.82 Å². The highest BCUT2D eigenvalue weighted by molar-refractivity contribution is 7.89. The third-order valence-electron chi connectivity index (χ3n) is 9.81. The second-order valence-corrected chi connectivity index (χ2v) is 14.2. The lowest BCUT2D eigenvalue weighted by molar-refractivity contribution is -0.384. The Labute approximate surface area is 257 Å². The molecule has 3 aromatic rings. The molecule has 3 unspecified atom stereocenters. The van der Waals surface area contributed by atoms with Crippen LogP contribution in [-0.4, -0.2) is 54.9 Å². The summed E-state index contributed by atoms with van der Waals surface area (Å²) in [5.74, 6) is 0.436. The van der Waals surface area contributed by atoms with Crippen molar-refractivity contribution in [2.45, 2.75) is 48.8 Å². The fraction of sp³-hybridized carbons (Fsp3) is 0.424. The van der Waals surface area contributed by atoms with Crippen molar-refractivity contribution in [1.82, 2.24) is 14.9 Å². The number of amides is 1. The van der Waals surface area contributed by atoms with Crippen LogP contribution >= 0.6 is 0 Å². The van der Waals surface area contributed by atoms with E-state index in [1.165, 1.54) is 17.7 Å². The molecule has 0 spiro atoms. The summed E-state index contributed by atoms with van der Waals surface area (Å²) < 4.78 is 28.8. The number of carbonyl (C=O) groups is 1. The molecule has 2 saturated heterocycles. The molecule has 3 aromatic carbocycles. The van der Waals surface area contributed by atoms with Crippen molar-refractivity contribution in [3.63, 3.8) is 0 Å². The molecule has 2 aliphatic carbocycles. The zero-order valence-corrected chi connectivity index (χ0v) is 25.2. The van der Waals surface area contributed by atoms with Crippen molar-refractivity contribution in [3.05, 3.63) is 106 Å². The Balaban J connectivity index is 1.10. The smallest absolute Gasteiger partial charge is 0.269 e. The summed E-state index contributed by atoms with van der Waals surface area (Å²) in [6, 6.07) is 23.6. The Kier molecular flexibility index (Phi) is 8.56. The van der Waals surface area contributed by atoms with Crippen LogP contribution in [0, 0.1) is 33.8 Å². The lowest BCUT2D eigenvalue weighted by Crippen LogP contribution is -2.59. The molecule has 1 amide bonds. The van der Waals surface area contributed by atoms with Gasteiger partial charge in [0, 0.05) is 50.3 Å². The van der Waals surface area contributed by atoms with E-state index < -0.39 is 38.4 Å². The number of non-ortho nitro benzene ring substituents is 1. The zero-order valence-electron chi connectivity index (χ0n) is 24.4. The fourth-order valence-electron chi connectivity index (χ4n) is 7.48. The highest BCUT2D eigenvalue weighted by Gasteiger charge is 2.50. The van der Waals surface area contributed by atoms with Crippen LogP contribution in [0.5, 0.6) is 0 Å². The Morgan fingerprint density at radius 1 is 0.932 bits per heavy atom. The predicted molar refractivity (Wildman–Crippen MR) is 165 cm³/mol. The molecule has 11 heteroatoms. The monoisotopic (exact) mass is 618 g/mol. The number of sulfonamides is 1. The van der Waals surface area contributed by atoms with Gasteiger partial charge in [0.25, 0.3) is 11.6 Å². The van der Waals surface area contributed by atoms with Crippen molar-refractivity contribution >= 4 is 21.6 Å². The minimum Gasteiger partial charge on any atom is -0.375 e. The molecule has 4 fully saturated rings. The zero-order chi connectivity index (χ0) is 30.9. The molecule has 3 N–H and O–H groups in total. The SMILES string of the molecule is O=C(NCC1[C@H]2C[C@H]1CN(Cc1ccccc1)C2)C(O)(c1ccccc1)C1CCC(NS(=O)(=O)c2ccc([N+](=O)[O-])cc2)C1. The summed E-state index contributed by atoms with van der Waals surface area (Å²) in [5.41, 5.74) is -0.216. The van der Waals surface area contributed by atoms with Gasteiger partial charge in [-0.15, -0.1) is 0 Å². The Morgan fingerprint density at radius 3 is 2.20 bits per heavy atom. The first kappa shape index (κ1) is 30.4. The summed E-state index contributed by atoms with van der Waals surface area (Å²) in [6.07, 6.45) is 2.33. The number of benzene rings is 3. The third kappa shape index (κ3) is 6.14. The Bertz CT molecular complexity index is 1580. The average Bonchev–Trinajstić information content (AvgIpc) is 3.49. The maximum Gasteiger partial charge on any atom is 0.269 e. The number of nitrogens with zero attached hydrogens (tertiary/aromatic N) is 2. The van der Waals surface area contributed by atoms with Crippen LogP contribution < -0.4 is 10.0 Å². The Morgan fingerprint density at radius 2 is 1.57 bits per heavy atom. The van der Waals surface area contributed by atoms with Crippen LogP contribution in [0.2, 0.25) is 0 Å². The molecule has 2 aliphatic heterocycles. The highest BCUT2D eigenvalue weighted by Crippen LogP contribution is 2.46. The van der Waals surface area contributed by atoms with E-state index in [4.69, 9.17) is 0 Å². The van der Waals surface area contributed by atoms with E-state index >= 15 is 0 Å². The second-order valence-electron chi connectivity index (χ2n) is 12.5. The van der Waals surface area contributed by atoms with Crippen LogP contribution in [0.4, 0.5) is 5.69 Å². The van der Waals surface area contributed by atoms with Crippen molar-refractivity contribution in [1.29, 1.82) is 0 Å². The number of nitro benzene ring substituents is 1. The first-order chi connectivity index (χ1) is 21.1. The molecule has 5 atom stereocenters. The van der Waals surface area contributed by atoms with Gasteiger partial charge < -0.3 is 10.4 Å². The van der Waals surface area contributed by atoms with Crippen LogP contribution in [0.25, 0.3) is 0 Å². The van der Waals surface area contributed by atoms with E-state index in [1.807, 2.05) is 12.1 Å². The molecule has 2 saturated carbocycles. The van der Waals surface area contributed by atoms with E-state index in [0.29, 0.717) is 42.7 Å². The van der Waals surface area contributed by atoms with E-state index in [0.717, 1.165) is 38.2 Å². The number of hydrogen-bond donors (Lipinski definition) is 3. The van der Waals surface area contributed by atoms with Crippen LogP contribution in [-0.2, 0) is 27.0 Å². The van der Waals surface area contributed by atoms with Gasteiger partial charge in [0.1, 0.15) is 0 Å². The number of fused-ring (bicyclic) bond motifs is 2. The highest BCUT2D eigenvalue weighted by atomic mass is 32.2.